The minimum absolute atomic E-state index is 0.318. The summed E-state index contributed by atoms with van der Waals surface area (Å²) in [6.45, 7) is 2.74. The molecule has 1 aliphatic rings. The zero-order valence-electron chi connectivity index (χ0n) is 13.7. The molecule has 3 rings (SSSR count). The molecular weight excluding hydrogens is 251 g/mol. The third kappa shape index (κ3) is 2.13. The van der Waals surface area contributed by atoms with Crippen molar-refractivity contribution in [2.75, 3.05) is 17.2 Å². The molecule has 2 N–H and O–H groups in total. The number of rotatable bonds is 1. The summed E-state index contributed by atoms with van der Waals surface area (Å²) in [4.78, 5) is 1.68. The first-order valence-corrected chi connectivity index (χ1v) is 6.74. The molecular formula is C17H19FN2. The molecule has 0 atom stereocenters. The van der Waals surface area contributed by atoms with Crippen LogP contribution in [0.15, 0.2) is 30.3 Å². The summed E-state index contributed by atoms with van der Waals surface area (Å²) < 4.78 is 30.3. The Kier molecular flexibility index (Phi) is 2.58. The van der Waals surface area contributed by atoms with Crippen molar-refractivity contribution in [2.24, 2.45) is 0 Å². The van der Waals surface area contributed by atoms with E-state index in [1.54, 1.807) is 17.0 Å². The third-order valence-electron chi connectivity index (χ3n) is 3.95. The molecule has 0 spiro atoms. The number of aryl methyl sites for hydroxylation is 1. The van der Waals surface area contributed by atoms with Gasteiger partial charge in [-0.05, 0) is 66.8 Å². The van der Waals surface area contributed by atoms with Gasteiger partial charge >= 0.3 is 0 Å². The predicted molar refractivity (Wildman–Crippen MR) is 81.5 cm³/mol. The van der Waals surface area contributed by atoms with E-state index < -0.39 is 6.50 Å². The van der Waals surface area contributed by atoms with Crippen molar-refractivity contribution in [1.82, 2.24) is 0 Å². The van der Waals surface area contributed by atoms with Gasteiger partial charge in [0.15, 0.2) is 0 Å². The second-order valence-corrected chi connectivity index (χ2v) is 5.25. The molecule has 3 heteroatoms. The van der Waals surface area contributed by atoms with E-state index in [1.807, 2.05) is 19.9 Å². The van der Waals surface area contributed by atoms with E-state index in [4.69, 9.17) is 8.48 Å². The van der Waals surface area contributed by atoms with Crippen LogP contribution in [0.1, 0.15) is 25.0 Å². The first-order valence-electron chi connectivity index (χ1n) is 7.74. The van der Waals surface area contributed by atoms with E-state index in [2.05, 4.69) is 0 Å². The van der Waals surface area contributed by atoms with Crippen molar-refractivity contribution in [2.45, 2.75) is 26.8 Å². The number of hydrogen-bond donors (Lipinski definition) is 1. The van der Waals surface area contributed by atoms with E-state index in [-0.39, 0.29) is 5.82 Å². The Morgan fingerprint density at radius 3 is 2.65 bits per heavy atom. The number of nitrogens with two attached hydrogens (primary N) is 1. The van der Waals surface area contributed by atoms with Crippen LogP contribution in [0, 0.1) is 19.7 Å². The van der Waals surface area contributed by atoms with Crippen molar-refractivity contribution in [1.29, 1.82) is 0 Å². The van der Waals surface area contributed by atoms with Gasteiger partial charge < -0.3 is 10.6 Å². The van der Waals surface area contributed by atoms with E-state index in [0.29, 0.717) is 17.8 Å². The Morgan fingerprint density at radius 1 is 1.25 bits per heavy atom. The zero-order valence-corrected chi connectivity index (χ0v) is 11.7. The van der Waals surface area contributed by atoms with Crippen molar-refractivity contribution < 1.29 is 7.13 Å². The van der Waals surface area contributed by atoms with Crippen LogP contribution in [0.5, 0.6) is 0 Å². The molecule has 20 heavy (non-hydrogen) atoms. The fourth-order valence-electron chi connectivity index (χ4n) is 2.70. The molecule has 0 saturated heterocycles. The largest absolute Gasteiger partial charge is 0.398 e. The molecule has 0 amide bonds. The van der Waals surface area contributed by atoms with E-state index in [1.165, 1.54) is 12.1 Å². The fourth-order valence-corrected chi connectivity index (χ4v) is 2.70. The maximum atomic E-state index is 13.1. The van der Waals surface area contributed by atoms with Gasteiger partial charge in [0, 0.05) is 24.4 Å². The van der Waals surface area contributed by atoms with Gasteiger partial charge in [-0.25, -0.2) is 4.39 Å². The molecule has 0 radical (unpaired) electrons. The summed E-state index contributed by atoms with van der Waals surface area (Å²) in [5.41, 5.74) is 11.0. The summed E-state index contributed by atoms with van der Waals surface area (Å²) >= 11 is 0. The highest BCUT2D eigenvalue weighted by Crippen LogP contribution is 2.31. The molecule has 2 aromatic carbocycles. The monoisotopic (exact) mass is 272 g/mol. The van der Waals surface area contributed by atoms with Crippen LogP contribution in [0.4, 0.5) is 15.8 Å². The molecule has 0 aliphatic carbocycles. The van der Waals surface area contributed by atoms with Crippen LogP contribution in [0.25, 0.3) is 0 Å². The Hall–Kier alpha value is -2.03. The van der Waals surface area contributed by atoms with Crippen LogP contribution in [-0.4, -0.2) is 6.54 Å². The lowest BCUT2D eigenvalue weighted by Crippen LogP contribution is -2.31. The van der Waals surface area contributed by atoms with Crippen molar-refractivity contribution >= 4 is 11.4 Å². The van der Waals surface area contributed by atoms with Crippen molar-refractivity contribution in [3.63, 3.8) is 0 Å². The summed E-state index contributed by atoms with van der Waals surface area (Å²) in [5.74, 6) is -0.318. The number of benzene rings is 2. The molecule has 1 heterocycles. The summed E-state index contributed by atoms with van der Waals surface area (Å²) in [7, 11) is 0. The lowest BCUT2D eigenvalue weighted by Gasteiger charge is -2.32. The number of nitrogens with zero attached hydrogens (tertiary/aromatic N) is 1. The highest BCUT2D eigenvalue weighted by Gasteiger charge is 2.20. The summed E-state index contributed by atoms with van der Waals surface area (Å²) in [6, 6.07) is 7.80. The first-order chi connectivity index (χ1) is 10.3. The van der Waals surface area contributed by atoms with E-state index >= 15 is 0 Å². The molecule has 1 aliphatic heterocycles. The standard InChI is InChI=1S/C17H19FN2/c1-11-9-13-10-20(15-5-3-14(18)4-6-15)8-7-16(13)12(2)17(11)19/h3-6,9H,7-8,10,19H2,1-2H3/i10D2. The van der Waals surface area contributed by atoms with Crippen LogP contribution >= 0.6 is 0 Å². The topological polar surface area (TPSA) is 29.3 Å². The lowest BCUT2D eigenvalue weighted by atomic mass is 9.91. The average molecular weight is 272 g/mol. The molecule has 0 saturated carbocycles. The third-order valence-corrected chi connectivity index (χ3v) is 3.95. The highest BCUT2D eigenvalue weighted by atomic mass is 19.1. The Morgan fingerprint density at radius 2 is 1.95 bits per heavy atom. The molecule has 2 nitrogen and oxygen atoms in total. The van der Waals surface area contributed by atoms with E-state index in [9.17, 15) is 4.39 Å². The Balaban J connectivity index is 2.12. The van der Waals surface area contributed by atoms with Crippen molar-refractivity contribution in [3.05, 3.63) is 58.4 Å². The second kappa shape index (κ2) is 4.82. The van der Waals surface area contributed by atoms with Gasteiger partial charge in [-0.3, -0.25) is 0 Å². The summed E-state index contributed by atoms with van der Waals surface area (Å²) in [5, 5.41) is 0. The van der Waals surface area contributed by atoms with Gasteiger partial charge in [0.05, 0.1) is 2.74 Å². The summed E-state index contributed by atoms with van der Waals surface area (Å²) in [6.07, 6.45) is 0.725. The molecule has 2 aromatic rings. The van der Waals surface area contributed by atoms with Gasteiger partial charge in [-0.15, -0.1) is 0 Å². The van der Waals surface area contributed by atoms with E-state index in [0.717, 1.165) is 28.8 Å². The van der Waals surface area contributed by atoms with Crippen LogP contribution in [0.3, 0.4) is 0 Å². The SMILES string of the molecule is [2H]C1([2H])c2cc(C)c(N)c(C)c2CCN1c1ccc(F)cc1. The highest BCUT2D eigenvalue weighted by molar-refractivity contribution is 5.61. The average Bonchev–Trinajstić information content (AvgIpc) is 2.47. The van der Waals surface area contributed by atoms with Gasteiger partial charge in [-0.1, -0.05) is 6.07 Å². The Bertz CT molecular complexity index is 726. The van der Waals surface area contributed by atoms with Gasteiger partial charge in [0.2, 0.25) is 0 Å². The predicted octanol–water partition coefficient (Wildman–Crippen LogP) is 3.59. The normalized spacial score (nSPS) is 18.2. The maximum absolute atomic E-state index is 13.1. The van der Waals surface area contributed by atoms with Crippen LogP contribution < -0.4 is 10.6 Å². The van der Waals surface area contributed by atoms with Crippen LogP contribution in [0.2, 0.25) is 0 Å². The minimum Gasteiger partial charge on any atom is -0.398 e. The molecule has 0 aromatic heterocycles. The zero-order chi connectivity index (χ0) is 16.1. The number of hydrogen-bond acceptors (Lipinski definition) is 2. The smallest absolute Gasteiger partial charge is 0.123 e. The number of halogens is 1. The van der Waals surface area contributed by atoms with Gasteiger partial charge in [0.25, 0.3) is 0 Å². The first kappa shape index (κ1) is 10.7. The molecule has 0 bridgehead atoms. The number of anilines is 2. The van der Waals surface area contributed by atoms with Gasteiger partial charge in [-0.2, -0.15) is 0 Å². The van der Waals surface area contributed by atoms with Crippen LogP contribution in [-0.2, 0) is 12.9 Å². The minimum atomic E-state index is -1.64. The van der Waals surface area contributed by atoms with Crippen molar-refractivity contribution in [3.8, 4) is 0 Å². The fraction of sp³-hybridized carbons (Fsp3) is 0.294. The number of nitrogen functional groups attached to an aromatic ring is 1. The number of fused-ring (bicyclic) bond motifs is 1. The maximum Gasteiger partial charge on any atom is 0.123 e. The van der Waals surface area contributed by atoms with Gasteiger partial charge in [0.1, 0.15) is 5.82 Å². The molecule has 0 fully saturated rings. The quantitative estimate of drug-likeness (QED) is 0.804. The second-order valence-electron chi connectivity index (χ2n) is 5.25. The molecule has 104 valence electrons. The Labute approximate surface area is 121 Å². The molecule has 0 unspecified atom stereocenters. The lowest BCUT2D eigenvalue weighted by molar-refractivity contribution is 0.627.